The summed E-state index contributed by atoms with van der Waals surface area (Å²) in [7, 11) is 0. The molecule has 2 unspecified atom stereocenters. The molecule has 2 atom stereocenters. The van der Waals surface area contributed by atoms with E-state index in [2.05, 4.69) is 0 Å². The van der Waals surface area contributed by atoms with Crippen LogP contribution in [0.15, 0.2) is 0 Å². The molecule has 0 radical (unpaired) electrons. The van der Waals surface area contributed by atoms with Gasteiger partial charge in [-0.05, 0) is 10.0 Å². The maximum Gasteiger partial charge on any atom is 0.361 e. The first kappa shape index (κ1) is 15.4. The number of rotatable bonds is 4. The van der Waals surface area contributed by atoms with E-state index in [-0.39, 0.29) is 13.1 Å². The van der Waals surface area contributed by atoms with Gasteiger partial charge < -0.3 is 9.47 Å². The van der Waals surface area contributed by atoms with E-state index in [1.165, 1.54) is 0 Å². The van der Waals surface area contributed by atoms with Crippen molar-refractivity contribution in [2.24, 2.45) is 0 Å². The summed E-state index contributed by atoms with van der Waals surface area (Å²) in [4.78, 5) is 44.0. The maximum absolute atomic E-state index is 11.0. The van der Waals surface area contributed by atoms with E-state index < -0.39 is 34.5 Å². The summed E-state index contributed by atoms with van der Waals surface area (Å²) in [5, 5.41) is 17.9. The minimum atomic E-state index is -1.60. The Balaban J connectivity index is 3.10. The molecule has 0 spiro atoms. The summed E-state index contributed by atoms with van der Waals surface area (Å²) < 4.78 is 9.50. The molecule has 0 aromatic carbocycles. The fourth-order valence-electron chi connectivity index (χ4n) is 1.70. The number of hydrogen-bond acceptors (Lipinski definition) is 6. The van der Waals surface area contributed by atoms with Crippen molar-refractivity contribution in [3.05, 3.63) is 9.81 Å². The summed E-state index contributed by atoms with van der Waals surface area (Å²) in [5.74, 6) is -1.70. The van der Waals surface area contributed by atoms with Crippen LogP contribution in [-0.4, -0.2) is 68.0 Å². The summed E-state index contributed by atoms with van der Waals surface area (Å²) >= 11 is 0. The Kier molecular flexibility index (Phi) is 4.61. The van der Waals surface area contributed by atoms with Crippen LogP contribution in [0.4, 0.5) is 0 Å². The number of esters is 2. The molecule has 0 aliphatic carbocycles. The van der Waals surface area contributed by atoms with E-state index >= 15 is 0 Å². The van der Waals surface area contributed by atoms with Gasteiger partial charge in [-0.15, -0.1) is 0 Å². The maximum atomic E-state index is 11.0. The zero-order chi connectivity index (χ0) is 15.4. The van der Waals surface area contributed by atoms with Crippen LogP contribution in [0, 0.1) is 9.81 Å². The molecule has 1 rings (SSSR count). The zero-order valence-corrected chi connectivity index (χ0v) is 10.7. The van der Waals surface area contributed by atoms with E-state index in [1.54, 1.807) is 0 Å². The van der Waals surface area contributed by atoms with Gasteiger partial charge >= 0.3 is 22.0 Å². The first-order valence-corrected chi connectivity index (χ1v) is 5.44. The number of hydrogen-bond donors (Lipinski definition) is 2. The fraction of sp³-hybridized carbons (Fsp3) is 0.750. The zero-order valence-electron chi connectivity index (χ0n) is 10.7. The third-order valence-electron chi connectivity index (χ3n) is 2.40. The van der Waals surface area contributed by atoms with Crippen LogP contribution in [0.25, 0.3) is 0 Å². The number of hydrazine groups is 2. The standard InChI is InChI=1S/C8H14N4O8/c1-5(13)19-7-8(20-6(2)14)10(12(17)18)4-3-9(7)11(15)16/h7-8H,3-4H2,1-2H3,(H,15,16)(H,17,18)/q+2. The highest BCUT2D eigenvalue weighted by Crippen LogP contribution is 2.20. The molecule has 0 aromatic heterocycles. The molecule has 1 aliphatic rings. The van der Waals surface area contributed by atoms with Gasteiger partial charge in [0.25, 0.3) is 12.5 Å². The van der Waals surface area contributed by atoms with Crippen molar-refractivity contribution in [3.63, 3.8) is 0 Å². The first-order chi connectivity index (χ1) is 9.23. The second-order valence-corrected chi connectivity index (χ2v) is 3.83. The van der Waals surface area contributed by atoms with Gasteiger partial charge in [-0.3, -0.25) is 9.59 Å². The van der Waals surface area contributed by atoms with E-state index in [1.807, 2.05) is 0 Å². The lowest BCUT2D eigenvalue weighted by Crippen LogP contribution is -2.65. The number of carbonyl (C=O) groups excluding carboxylic acids is 2. The second kappa shape index (κ2) is 5.99. The van der Waals surface area contributed by atoms with Crippen molar-refractivity contribution < 1.29 is 39.5 Å². The molecule has 1 fully saturated rings. The lowest BCUT2D eigenvalue weighted by atomic mass is 10.3. The predicted molar refractivity (Wildman–Crippen MR) is 55.3 cm³/mol. The lowest BCUT2D eigenvalue weighted by Gasteiger charge is -2.33. The van der Waals surface area contributed by atoms with Gasteiger partial charge in [0, 0.05) is 13.8 Å². The Labute approximate surface area is 112 Å². The minimum Gasteiger partial charge on any atom is -0.429 e. The molecule has 112 valence electrons. The van der Waals surface area contributed by atoms with E-state index in [0.717, 1.165) is 13.8 Å². The average molecular weight is 294 g/mol. The Morgan fingerprint density at radius 2 is 1.25 bits per heavy atom. The normalized spacial score (nSPS) is 22.1. The molecule has 20 heavy (non-hydrogen) atoms. The fourth-order valence-corrected chi connectivity index (χ4v) is 1.70. The third-order valence-corrected chi connectivity index (χ3v) is 2.40. The molecule has 0 aromatic rings. The Hall–Kier alpha value is -2.66. The summed E-state index contributed by atoms with van der Waals surface area (Å²) in [6.07, 6.45) is -3.20. The SMILES string of the molecule is CC(=O)OC1C(OC(C)=O)N([N+](=O)O)CCN1[N+](=O)O. The van der Waals surface area contributed by atoms with Gasteiger partial charge in [0.05, 0.1) is 0 Å². The van der Waals surface area contributed by atoms with Crippen LogP contribution in [0.2, 0.25) is 0 Å². The predicted octanol–water partition coefficient (Wildman–Crippen LogP) is -1.45. The van der Waals surface area contributed by atoms with E-state index in [9.17, 15) is 19.4 Å². The van der Waals surface area contributed by atoms with Gasteiger partial charge in [0.15, 0.2) is 0 Å². The molecule has 2 N–H and O–H groups in total. The van der Waals surface area contributed by atoms with Crippen LogP contribution in [-0.2, 0) is 19.1 Å². The van der Waals surface area contributed by atoms with Crippen LogP contribution in [0.3, 0.4) is 0 Å². The topological polar surface area (TPSA) is 140 Å². The molecule has 12 heteroatoms. The molecule has 1 saturated heterocycles. The minimum absolute atomic E-state index is 0.269. The summed E-state index contributed by atoms with van der Waals surface area (Å²) in [6, 6.07) is 0. The molecule has 1 heterocycles. The quantitative estimate of drug-likeness (QED) is 0.467. The third kappa shape index (κ3) is 3.43. The average Bonchev–Trinajstić information content (AvgIpc) is 2.28. The van der Waals surface area contributed by atoms with Crippen LogP contribution in [0.1, 0.15) is 13.8 Å². The van der Waals surface area contributed by atoms with Crippen molar-refractivity contribution in [2.45, 2.75) is 26.3 Å². The van der Waals surface area contributed by atoms with Gasteiger partial charge in [-0.25, -0.2) is 10.4 Å². The number of carbonyl (C=O) groups is 2. The molecular weight excluding hydrogens is 280 g/mol. The monoisotopic (exact) mass is 294 g/mol. The Morgan fingerprint density at radius 1 is 0.950 bits per heavy atom. The molecule has 0 bridgehead atoms. The second-order valence-electron chi connectivity index (χ2n) is 3.83. The van der Waals surface area contributed by atoms with E-state index in [0.29, 0.717) is 10.0 Å². The molecular formula is C8H14N4O8+2. The Morgan fingerprint density at radius 3 is 1.45 bits per heavy atom. The van der Waals surface area contributed by atoms with Gasteiger partial charge in [-0.1, -0.05) is 0 Å². The van der Waals surface area contributed by atoms with Crippen molar-refractivity contribution in [1.82, 2.24) is 10.0 Å². The largest absolute Gasteiger partial charge is 0.429 e. The lowest BCUT2D eigenvalue weighted by molar-refractivity contribution is -0.939. The molecule has 0 amide bonds. The van der Waals surface area contributed by atoms with Crippen LogP contribution >= 0.6 is 0 Å². The van der Waals surface area contributed by atoms with Gasteiger partial charge in [-0.2, -0.15) is 0 Å². The van der Waals surface area contributed by atoms with Crippen molar-refractivity contribution >= 4 is 11.9 Å². The number of ether oxygens (including phenoxy) is 2. The smallest absolute Gasteiger partial charge is 0.361 e. The van der Waals surface area contributed by atoms with Crippen LogP contribution in [0.5, 0.6) is 0 Å². The number of nitrogens with zero attached hydrogens (tertiary/aromatic N) is 4. The van der Waals surface area contributed by atoms with Crippen molar-refractivity contribution in [3.8, 4) is 0 Å². The van der Waals surface area contributed by atoms with Gasteiger partial charge in [0.1, 0.15) is 22.9 Å². The highest BCUT2D eigenvalue weighted by Gasteiger charge is 2.54. The highest BCUT2D eigenvalue weighted by molar-refractivity contribution is 5.67. The number of piperazine rings is 1. The Bertz CT molecular complexity index is 400. The van der Waals surface area contributed by atoms with Crippen molar-refractivity contribution in [2.75, 3.05) is 13.1 Å². The van der Waals surface area contributed by atoms with E-state index in [4.69, 9.17) is 19.9 Å². The van der Waals surface area contributed by atoms with Crippen molar-refractivity contribution in [1.29, 1.82) is 0 Å². The molecule has 1 aliphatic heterocycles. The summed E-state index contributed by atoms with van der Waals surface area (Å²) in [6.45, 7) is 1.49. The first-order valence-electron chi connectivity index (χ1n) is 5.44. The molecule has 12 nitrogen and oxygen atoms in total. The highest BCUT2D eigenvalue weighted by atomic mass is 16.7. The summed E-state index contributed by atoms with van der Waals surface area (Å²) in [5.41, 5.74) is 0. The van der Waals surface area contributed by atoms with Gasteiger partial charge in [0.2, 0.25) is 0 Å². The molecule has 0 saturated carbocycles. The van der Waals surface area contributed by atoms with Crippen LogP contribution < -0.4 is 0 Å².